The fourth-order valence-electron chi connectivity index (χ4n) is 1.26. The average Bonchev–Trinajstić information content (AvgIpc) is 2.30. The lowest BCUT2D eigenvalue weighted by Crippen LogP contribution is -2.16. The van der Waals surface area contributed by atoms with Crippen LogP contribution in [0.2, 0.25) is 0 Å². The van der Waals surface area contributed by atoms with Gasteiger partial charge in [0, 0.05) is 0 Å². The van der Waals surface area contributed by atoms with Gasteiger partial charge in [-0.25, -0.2) is 4.79 Å². The van der Waals surface area contributed by atoms with Crippen LogP contribution in [0.4, 0.5) is 5.69 Å². The lowest BCUT2D eigenvalue weighted by Gasteiger charge is -2.11. The molecule has 0 aliphatic carbocycles. The highest BCUT2D eigenvalue weighted by Crippen LogP contribution is 2.16. The second-order valence-corrected chi connectivity index (χ2v) is 3.48. The van der Waals surface area contributed by atoms with Gasteiger partial charge in [0.05, 0.1) is 24.5 Å². The van der Waals surface area contributed by atoms with E-state index in [2.05, 4.69) is 5.32 Å². The number of esters is 1. The van der Waals surface area contributed by atoms with Crippen LogP contribution in [0.25, 0.3) is 0 Å². The van der Waals surface area contributed by atoms with E-state index in [1.807, 2.05) is 6.92 Å². The van der Waals surface area contributed by atoms with Crippen LogP contribution >= 0.6 is 12.2 Å². The van der Waals surface area contributed by atoms with Gasteiger partial charge in [-0.15, -0.1) is 0 Å². The van der Waals surface area contributed by atoms with E-state index in [1.165, 1.54) is 0 Å². The third kappa shape index (κ3) is 4.03. The summed E-state index contributed by atoms with van der Waals surface area (Å²) >= 11 is 4.96. The largest absolute Gasteiger partial charge is 0.471 e. The summed E-state index contributed by atoms with van der Waals surface area (Å²) in [6.45, 7) is 4.42. The molecule has 1 aromatic rings. The van der Waals surface area contributed by atoms with Gasteiger partial charge in [0.15, 0.2) is 0 Å². The van der Waals surface area contributed by atoms with Crippen molar-refractivity contribution in [1.82, 2.24) is 0 Å². The second-order valence-electron chi connectivity index (χ2n) is 3.11. The molecule has 1 rings (SSSR count). The number of thiocarbonyl (C=S) groups is 1. The van der Waals surface area contributed by atoms with Crippen LogP contribution in [0.15, 0.2) is 24.3 Å². The van der Waals surface area contributed by atoms with Crippen molar-refractivity contribution in [3.63, 3.8) is 0 Å². The summed E-state index contributed by atoms with van der Waals surface area (Å²) in [7, 11) is 0. The first-order valence-corrected chi connectivity index (χ1v) is 5.79. The highest BCUT2D eigenvalue weighted by molar-refractivity contribution is 7.80. The molecule has 0 spiro atoms. The number of ether oxygens (including phenoxy) is 2. The van der Waals surface area contributed by atoms with Gasteiger partial charge in [-0.05, 0) is 38.2 Å². The molecule has 5 heteroatoms. The summed E-state index contributed by atoms with van der Waals surface area (Å²) in [6, 6.07) is 6.99. The molecule has 92 valence electrons. The molecule has 4 nitrogen and oxygen atoms in total. The molecule has 0 aromatic heterocycles. The van der Waals surface area contributed by atoms with E-state index in [0.29, 0.717) is 24.5 Å². The molecular weight excluding hydrogens is 238 g/mol. The van der Waals surface area contributed by atoms with Crippen LogP contribution in [0, 0.1) is 0 Å². The number of carbonyl (C=O) groups excluding carboxylic acids is 1. The van der Waals surface area contributed by atoms with Gasteiger partial charge in [0.25, 0.3) is 5.17 Å². The molecule has 0 fully saturated rings. The number of benzene rings is 1. The molecule has 0 atom stereocenters. The van der Waals surface area contributed by atoms with Crippen LogP contribution in [0.5, 0.6) is 0 Å². The second kappa shape index (κ2) is 6.85. The lowest BCUT2D eigenvalue weighted by molar-refractivity contribution is 0.0527. The zero-order valence-electron chi connectivity index (χ0n) is 9.86. The number of rotatable bonds is 4. The topological polar surface area (TPSA) is 47.6 Å². The molecule has 0 unspecified atom stereocenters. The summed E-state index contributed by atoms with van der Waals surface area (Å²) < 4.78 is 10.1. The van der Waals surface area contributed by atoms with Gasteiger partial charge in [0.2, 0.25) is 0 Å². The van der Waals surface area contributed by atoms with Crippen molar-refractivity contribution in [2.75, 3.05) is 18.5 Å². The Bertz CT molecular complexity index is 406. The molecule has 0 aliphatic rings. The minimum absolute atomic E-state index is 0.240. The average molecular weight is 253 g/mol. The number of nitrogens with one attached hydrogen (secondary N) is 1. The quantitative estimate of drug-likeness (QED) is 0.660. The molecule has 1 aromatic carbocycles. The van der Waals surface area contributed by atoms with Crippen molar-refractivity contribution >= 4 is 29.0 Å². The van der Waals surface area contributed by atoms with E-state index >= 15 is 0 Å². The van der Waals surface area contributed by atoms with Crippen molar-refractivity contribution in [3.8, 4) is 0 Å². The van der Waals surface area contributed by atoms with E-state index in [1.54, 1.807) is 31.2 Å². The van der Waals surface area contributed by atoms with Crippen molar-refractivity contribution < 1.29 is 14.3 Å². The Kier molecular flexibility index (Phi) is 5.42. The van der Waals surface area contributed by atoms with E-state index < -0.39 is 0 Å². The summed E-state index contributed by atoms with van der Waals surface area (Å²) in [5, 5.41) is 3.10. The molecule has 0 aliphatic heterocycles. The van der Waals surface area contributed by atoms with Gasteiger partial charge in [-0.2, -0.15) is 0 Å². The molecule has 0 saturated carbocycles. The zero-order chi connectivity index (χ0) is 12.7. The van der Waals surface area contributed by atoms with E-state index in [0.717, 1.165) is 0 Å². The maximum absolute atomic E-state index is 11.7. The van der Waals surface area contributed by atoms with E-state index in [9.17, 15) is 4.79 Å². The van der Waals surface area contributed by atoms with Crippen molar-refractivity contribution in [2.45, 2.75) is 13.8 Å². The fraction of sp³-hybridized carbons (Fsp3) is 0.333. The first-order valence-electron chi connectivity index (χ1n) is 5.39. The molecule has 17 heavy (non-hydrogen) atoms. The number of hydrogen-bond donors (Lipinski definition) is 1. The number of para-hydroxylation sites is 1. The predicted octanol–water partition coefficient (Wildman–Crippen LogP) is 2.60. The lowest BCUT2D eigenvalue weighted by atomic mass is 10.2. The highest BCUT2D eigenvalue weighted by Gasteiger charge is 2.12. The monoisotopic (exact) mass is 253 g/mol. The van der Waals surface area contributed by atoms with Crippen LogP contribution in [-0.4, -0.2) is 24.4 Å². The Morgan fingerprint density at radius 3 is 2.53 bits per heavy atom. The maximum atomic E-state index is 11.7. The first kappa shape index (κ1) is 13.4. The van der Waals surface area contributed by atoms with Crippen molar-refractivity contribution in [1.29, 1.82) is 0 Å². The smallest absolute Gasteiger partial charge is 0.340 e. The number of hydrogen-bond acceptors (Lipinski definition) is 4. The van der Waals surface area contributed by atoms with Gasteiger partial charge in [-0.1, -0.05) is 12.1 Å². The van der Waals surface area contributed by atoms with Crippen molar-refractivity contribution in [3.05, 3.63) is 29.8 Å². The zero-order valence-corrected chi connectivity index (χ0v) is 10.7. The molecular formula is C12H15NO3S. The third-order valence-electron chi connectivity index (χ3n) is 1.93. The van der Waals surface area contributed by atoms with E-state index in [4.69, 9.17) is 21.7 Å². The summed E-state index contributed by atoms with van der Waals surface area (Å²) in [5.74, 6) is -0.380. The minimum atomic E-state index is -0.380. The Balaban J connectivity index is 2.84. The highest BCUT2D eigenvalue weighted by atomic mass is 32.1. The summed E-state index contributed by atoms with van der Waals surface area (Å²) in [5.41, 5.74) is 1.03. The van der Waals surface area contributed by atoms with Crippen LogP contribution in [0.3, 0.4) is 0 Å². The normalized spacial score (nSPS) is 9.53. The van der Waals surface area contributed by atoms with Crippen molar-refractivity contribution in [2.24, 2.45) is 0 Å². The Hall–Kier alpha value is -1.62. The van der Waals surface area contributed by atoms with Gasteiger partial charge < -0.3 is 14.8 Å². The van der Waals surface area contributed by atoms with Crippen LogP contribution in [-0.2, 0) is 9.47 Å². The Labute approximate surface area is 106 Å². The molecule has 0 heterocycles. The molecule has 1 N–H and O–H groups in total. The number of anilines is 1. The maximum Gasteiger partial charge on any atom is 0.340 e. The van der Waals surface area contributed by atoms with E-state index in [-0.39, 0.29) is 11.1 Å². The first-order chi connectivity index (χ1) is 8.19. The Morgan fingerprint density at radius 2 is 1.88 bits per heavy atom. The standard InChI is InChI=1S/C12H15NO3S/c1-3-15-11(14)9-7-5-6-8-10(9)13-12(17)16-4-2/h5-8H,3-4H2,1-2H3,(H,13,17). The molecule has 0 saturated heterocycles. The predicted molar refractivity (Wildman–Crippen MR) is 70.2 cm³/mol. The molecule has 0 radical (unpaired) electrons. The van der Waals surface area contributed by atoms with Gasteiger partial charge in [0.1, 0.15) is 0 Å². The fourth-order valence-corrected chi connectivity index (χ4v) is 1.48. The Morgan fingerprint density at radius 1 is 1.24 bits per heavy atom. The van der Waals surface area contributed by atoms with Crippen LogP contribution in [0.1, 0.15) is 24.2 Å². The molecule has 0 bridgehead atoms. The summed E-state index contributed by atoms with van der Waals surface area (Å²) in [6.07, 6.45) is 0. The molecule has 0 amide bonds. The SMILES string of the molecule is CCOC(=O)c1ccccc1NC(=S)OCC. The minimum Gasteiger partial charge on any atom is -0.471 e. The van der Waals surface area contributed by atoms with Gasteiger partial charge >= 0.3 is 5.97 Å². The van der Waals surface area contributed by atoms with Gasteiger partial charge in [-0.3, -0.25) is 0 Å². The number of carbonyl (C=O) groups is 1. The summed E-state index contributed by atoms with van der Waals surface area (Å²) in [4.78, 5) is 11.7. The third-order valence-corrected chi connectivity index (χ3v) is 2.15. The van der Waals surface area contributed by atoms with Crippen LogP contribution < -0.4 is 5.32 Å².